The normalized spacial score (nSPS) is 10.5. The smallest absolute Gasteiger partial charge is 0.251 e. The van der Waals surface area contributed by atoms with Crippen molar-refractivity contribution in [1.82, 2.24) is 9.97 Å². The molecule has 4 nitrogen and oxygen atoms in total. The van der Waals surface area contributed by atoms with Gasteiger partial charge in [-0.25, -0.2) is 4.98 Å². The monoisotopic (exact) mass is 249 g/mol. The number of hydrogen-bond acceptors (Lipinski definition) is 3. The molecule has 2 aromatic rings. The van der Waals surface area contributed by atoms with Gasteiger partial charge in [0.25, 0.3) is 5.56 Å². The molecule has 0 saturated carbocycles. The fourth-order valence-electron chi connectivity index (χ4n) is 1.59. The molecule has 0 amide bonds. The summed E-state index contributed by atoms with van der Waals surface area (Å²) in [6, 6.07) is 8.85. The highest BCUT2D eigenvalue weighted by molar-refractivity contribution is 6.30. The highest BCUT2D eigenvalue weighted by Gasteiger charge is 2.02. The van der Waals surface area contributed by atoms with Crippen molar-refractivity contribution in [1.29, 1.82) is 0 Å². The average molecular weight is 250 g/mol. The summed E-state index contributed by atoms with van der Waals surface area (Å²) in [5.74, 6) is 0.597. The van der Waals surface area contributed by atoms with E-state index in [1.165, 1.54) is 6.07 Å². The van der Waals surface area contributed by atoms with Gasteiger partial charge in [-0.2, -0.15) is 0 Å². The Bertz CT molecular complexity index is 580. The Balaban J connectivity index is 2.29. The molecule has 0 saturated heterocycles. The number of H-pyrrole nitrogens is 1. The van der Waals surface area contributed by atoms with E-state index in [9.17, 15) is 4.79 Å². The van der Waals surface area contributed by atoms with Crippen LogP contribution in [0.1, 0.15) is 17.1 Å². The Kier molecular flexibility index (Phi) is 3.56. The van der Waals surface area contributed by atoms with Crippen molar-refractivity contribution in [3.8, 4) is 0 Å². The van der Waals surface area contributed by atoms with E-state index in [2.05, 4.69) is 9.97 Å². The Morgan fingerprint density at radius 1 is 1.35 bits per heavy atom. The highest BCUT2D eigenvalue weighted by atomic mass is 35.5. The topological polar surface area (TPSA) is 71.8 Å². The van der Waals surface area contributed by atoms with Gasteiger partial charge in [0.1, 0.15) is 5.82 Å². The summed E-state index contributed by atoms with van der Waals surface area (Å²) in [6.07, 6.45) is 0.531. The van der Waals surface area contributed by atoms with Crippen LogP contribution in [0, 0.1) is 0 Å². The Hall–Kier alpha value is -1.65. The number of nitrogens with zero attached hydrogens (tertiary/aromatic N) is 1. The first-order chi connectivity index (χ1) is 8.17. The third-order valence-electron chi connectivity index (χ3n) is 2.31. The molecule has 1 aromatic heterocycles. The van der Waals surface area contributed by atoms with Crippen LogP contribution in [0.25, 0.3) is 0 Å². The zero-order chi connectivity index (χ0) is 12.3. The Labute approximate surface area is 103 Å². The van der Waals surface area contributed by atoms with Crippen molar-refractivity contribution < 1.29 is 0 Å². The lowest BCUT2D eigenvalue weighted by Crippen LogP contribution is -2.15. The summed E-state index contributed by atoms with van der Waals surface area (Å²) >= 11 is 5.89. The molecule has 88 valence electrons. The number of nitrogens with one attached hydrogen (secondary N) is 1. The van der Waals surface area contributed by atoms with Crippen molar-refractivity contribution in [2.45, 2.75) is 13.0 Å². The van der Waals surface area contributed by atoms with Gasteiger partial charge in [-0.05, 0) is 17.7 Å². The minimum absolute atomic E-state index is 0.183. The van der Waals surface area contributed by atoms with Gasteiger partial charge in [0.2, 0.25) is 0 Å². The maximum atomic E-state index is 11.3. The van der Waals surface area contributed by atoms with Gasteiger partial charge in [-0.15, -0.1) is 0 Å². The van der Waals surface area contributed by atoms with E-state index in [0.717, 1.165) is 5.56 Å². The molecule has 3 N–H and O–H groups in total. The molecule has 0 bridgehead atoms. The molecule has 0 atom stereocenters. The molecule has 17 heavy (non-hydrogen) atoms. The molecule has 5 heteroatoms. The first-order valence-electron chi connectivity index (χ1n) is 5.21. The molecule has 2 rings (SSSR count). The molecule has 0 radical (unpaired) electrons. The van der Waals surface area contributed by atoms with Crippen molar-refractivity contribution in [2.24, 2.45) is 5.73 Å². The van der Waals surface area contributed by atoms with Gasteiger partial charge < -0.3 is 10.7 Å². The van der Waals surface area contributed by atoms with Crippen molar-refractivity contribution >= 4 is 11.6 Å². The summed E-state index contributed by atoms with van der Waals surface area (Å²) in [5.41, 5.74) is 6.87. The minimum atomic E-state index is -0.183. The van der Waals surface area contributed by atoms with Gasteiger partial charge in [-0.1, -0.05) is 23.7 Å². The molecule has 0 unspecified atom stereocenters. The summed E-state index contributed by atoms with van der Waals surface area (Å²) in [4.78, 5) is 18.3. The second kappa shape index (κ2) is 5.12. The van der Waals surface area contributed by atoms with Crippen LogP contribution in [-0.2, 0) is 13.0 Å². The van der Waals surface area contributed by atoms with Crippen LogP contribution in [0.15, 0.2) is 35.1 Å². The van der Waals surface area contributed by atoms with Crippen molar-refractivity contribution in [2.75, 3.05) is 0 Å². The number of halogens is 1. The second-order valence-electron chi connectivity index (χ2n) is 3.69. The molecule has 0 aliphatic rings. The van der Waals surface area contributed by atoms with Gasteiger partial charge in [0.05, 0.1) is 5.69 Å². The molecular weight excluding hydrogens is 238 g/mol. The van der Waals surface area contributed by atoms with Crippen LogP contribution in [0.5, 0.6) is 0 Å². The lowest BCUT2D eigenvalue weighted by atomic mass is 10.1. The van der Waals surface area contributed by atoms with Crippen LogP contribution in [0.3, 0.4) is 0 Å². The molecule has 0 spiro atoms. The van der Waals surface area contributed by atoms with E-state index in [0.29, 0.717) is 23.0 Å². The summed E-state index contributed by atoms with van der Waals surface area (Å²) < 4.78 is 0. The summed E-state index contributed by atoms with van der Waals surface area (Å²) in [5, 5.41) is 0.667. The van der Waals surface area contributed by atoms with Gasteiger partial charge in [0.15, 0.2) is 0 Å². The lowest BCUT2D eigenvalue weighted by Gasteiger charge is -2.03. The van der Waals surface area contributed by atoms with E-state index < -0.39 is 0 Å². The zero-order valence-corrected chi connectivity index (χ0v) is 9.87. The predicted molar refractivity (Wildman–Crippen MR) is 67.0 cm³/mol. The quantitative estimate of drug-likeness (QED) is 0.865. The molecular formula is C12H12ClN3O. The zero-order valence-electron chi connectivity index (χ0n) is 9.11. The fourth-order valence-corrected chi connectivity index (χ4v) is 1.80. The maximum Gasteiger partial charge on any atom is 0.251 e. The minimum Gasteiger partial charge on any atom is -0.325 e. The predicted octanol–water partition coefficient (Wildman–Crippen LogP) is 1.47. The molecule has 1 heterocycles. The van der Waals surface area contributed by atoms with Gasteiger partial charge in [0, 0.05) is 24.1 Å². The highest BCUT2D eigenvalue weighted by Crippen LogP contribution is 2.12. The van der Waals surface area contributed by atoms with Crippen LogP contribution in [0.2, 0.25) is 5.02 Å². The second-order valence-corrected chi connectivity index (χ2v) is 4.13. The van der Waals surface area contributed by atoms with Crippen LogP contribution in [0.4, 0.5) is 0 Å². The molecule has 0 aliphatic carbocycles. The largest absolute Gasteiger partial charge is 0.325 e. The van der Waals surface area contributed by atoms with E-state index in [-0.39, 0.29) is 12.1 Å². The van der Waals surface area contributed by atoms with E-state index in [1.54, 1.807) is 6.07 Å². The summed E-state index contributed by atoms with van der Waals surface area (Å²) in [7, 11) is 0. The van der Waals surface area contributed by atoms with Crippen molar-refractivity contribution in [3.63, 3.8) is 0 Å². The lowest BCUT2D eigenvalue weighted by molar-refractivity contribution is 0.875. The fraction of sp³-hybridized carbons (Fsp3) is 0.167. The van der Waals surface area contributed by atoms with E-state index >= 15 is 0 Å². The standard InChI is InChI=1S/C12H12ClN3O/c13-9-3-1-2-8(4-9)5-11-15-10(7-14)6-12(17)16-11/h1-4,6H,5,7,14H2,(H,15,16,17). The Morgan fingerprint density at radius 3 is 2.88 bits per heavy atom. The van der Waals surface area contributed by atoms with Gasteiger partial charge in [-0.3, -0.25) is 4.79 Å². The van der Waals surface area contributed by atoms with E-state index in [1.807, 2.05) is 18.2 Å². The number of nitrogens with two attached hydrogens (primary N) is 1. The third-order valence-corrected chi connectivity index (χ3v) is 2.55. The number of benzene rings is 1. The number of aromatic nitrogens is 2. The average Bonchev–Trinajstić information content (AvgIpc) is 2.28. The van der Waals surface area contributed by atoms with Crippen molar-refractivity contribution in [3.05, 3.63) is 62.8 Å². The SMILES string of the molecule is NCc1cc(=O)[nH]c(Cc2cccc(Cl)c2)n1. The molecule has 1 aromatic carbocycles. The maximum absolute atomic E-state index is 11.3. The summed E-state index contributed by atoms with van der Waals surface area (Å²) in [6.45, 7) is 0.256. The number of rotatable bonds is 3. The number of aromatic amines is 1. The number of hydrogen-bond donors (Lipinski definition) is 2. The molecule has 0 fully saturated rings. The van der Waals surface area contributed by atoms with Gasteiger partial charge >= 0.3 is 0 Å². The van der Waals surface area contributed by atoms with Crippen LogP contribution >= 0.6 is 11.6 Å². The van der Waals surface area contributed by atoms with Crippen LogP contribution in [-0.4, -0.2) is 9.97 Å². The first-order valence-corrected chi connectivity index (χ1v) is 5.59. The Morgan fingerprint density at radius 2 is 2.18 bits per heavy atom. The van der Waals surface area contributed by atoms with Crippen LogP contribution < -0.4 is 11.3 Å². The van der Waals surface area contributed by atoms with E-state index in [4.69, 9.17) is 17.3 Å². The molecule has 0 aliphatic heterocycles. The first kappa shape index (κ1) is 11.8. The third kappa shape index (κ3) is 3.15.